The first kappa shape index (κ1) is 14.5. The topological polar surface area (TPSA) is 55.1 Å². The largest absolute Gasteiger partial charge is 0.398 e. The molecule has 0 spiro atoms. The summed E-state index contributed by atoms with van der Waals surface area (Å²) in [4.78, 5) is 11.8. The molecule has 0 atom stereocenters. The van der Waals surface area contributed by atoms with E-state index in [1.54, 1.807) is 18.2 Å². The summed E-state index contributed by atoms with van der Waals surface area (Å²) in [6, 6.07) is 8.04. The number of rotatable bonds is 3. The molecule has 20 heavy (non-hydrogen) atoms. The van der Waals surface area contributed by atoms with Crippen LogP contribution in [-0.4, -0.2) is 5.91 Å². The van der Waals surface area contributed by atoms with Crippen molar-refractivity contribution in [1.29, 1.82) is 0 Å². The Hall–Kier alpha value is -1.95. The molecular formula is C14H11BrF2N2O. The van der Waals surface area contributed by atoms with E-state index in [2.05, 4.69) is 21.2 Å². The second-order valence-corrected chi connectivity index (χ2v) is 5.05. The fourth-order valence-corrected chi connectivity index (χ4v) is 2.03. The molecule has 104 valence electrons. The maximum Gasteiger partial charge on any atom is 0.228 e. The SMILES string of the molecule is Nc1ccc(NC(=O)Cc2ccc(F)cc2F)cc1Br. The standard InChI is InChI=1S/C14H11BrF2N2O/c15-11-7-10(3-4-13(11)18)19-14(20)5-8-1-2-9(16)6-12(8)17/h1-4,6-7H,5,18H2,(H,19,20). The van der Waals surface area contributed by atoms with Gasteiger partial charge in [-0.3, -0.25) is 4.79 Å². The number of amides is 1. The van der Waals surface area contributed by atoms with E-state index in [-0.39, 0.29) is 12.0 Å². The Morgan fingerprint density at radius 1 is 1.20 bits per heavy atom. The van der Waals surface area contributed by atoms with Crippen molar-refractivity contribution in [1.82, 2.24) is 0 Å². The molecule has 0 bridgehead atoms. The Balaban J connectivity index is 2.07. The molecule has 0 aliphatic carbocycles. The van der Waals surface area contributed by atoms with Crippen molar-refractivity contribution in [2.24, 2.45) is 0 Å². The van der Waals surface area contributed by atoms with Gasteiger partial charge in [0.2, 0.25) is 5.91 Å². The Morgan fingerprint density at radius 3 is 2.60 bits per heavy atom. The predicted molar refractivity (Wildman–Crippen MR) is 77.2 cm³/mol. The molecule has 6 heteroatoms. The minimum absolute atomic E-state index is 0.137. The summed E-state index contributed by atoms with van der Waals surface area (Å²) >= 11 is 3.24. The summed E-state index contributed by atoms with van der Waals surface area (Å²) in [5, 5.41) is 2.62. The van der Waals surface area contributed by atoms with Crippen molar-refractivity contribution in [3.63, 3.8) is 0 Å². The van der Waals surface area contributed by atoms with Crippen LogP contribution in [0.2, 0.25) is 0 Å². The van der Waals surface area contributed by atoms with E-state index in [4.69, 9.17) is 5.73 Å². The molecule has 2 rings (SSSR count). The summed E-state index contributed by atoms with van der Waals surface area (Å²) in [6.07, 6.45) is -0.173. The number of hydrogen-bond donors (Lipinski definition) is 2. The highest BCUT2D eigenvalue weighted by Gasteiger charge is 2.10. The fraction of sp³-hybridized carbons (Fsp3) is 0.0714. The minimum atomic E-state index is -0.737. The summed E-state index contributed by atoms with van der Waals surface area (Å²) in [5.74, 6) is -1.81. The molecule has 2 aromatic carbocycles. The number of nitrogens with two attached hydrogens (primary N) is 1. The van der Waals surface area contributed by atoms with Crippen LogP contribution in [0.1, 0.15) is 5.56 Å². The van der Waals surface area contributed by atoms with Crippen LogP contribution in [0.5, 0.6) is 0 Å². The van der Waals surface area contributed by atoms with Gasteiger partial charge in [-0.25, -0.2) is 8.78 Å². The number of halogens is 3. The van der Waals surface area contributed by atoms with E-state index < -0.39 is 17.5 Å². The van der Waals surface area contributed by atoms with Crippen LogP contribution < -0.4 is 11.1 Å². The zero-order chi connectivity index (χ0) is 14.7. The summed E-state index contributed by atoms with van der Waals surface area (Å²) in [7, 11) is 0. The minimum Gasteiger partial charge on any atom is -0.398 e. The number of anilines is 2. The van der Waals surface area contributed by atoms with Crippen LogP contribution in [0.15, 0.2) is 40.9 Å². The molecule has 0 radical (unpaired) electrons. The zero-order valence-corrected chi connectivity index (χ0v) is 11.9. The molecule has 0 aliphatic heterocycles. The average molecular weight is 341 g/mol. The average Bonchev–Trinajstić information content (AvgIpc) is 2.37. The summed E-state index contributed by atoms with van der Waals surface area (Å²) in [6.45, 7) is 0. The molecule has 0 unspecified atom stereocenters. The van der Waals surface area contributed by atoms with E-state index >= 15 is 0 Å². The molecule has 0 fully saturated rings. The van der Waals surface area contributed by atoms with Gasteiger partial charge >= 0.3 is 0 Å². The molecule has 2 aromatic rings. The van der Waals surface area contributed by atoms with Gasteiger partial charge in [0.25, 0.3) is 0 Å². The van der Waals surface area contributed by atoms with E-state index in [1.807, 2.05) is 0 Å². The van der Waals surface area contributed by atoms with Crippen LogP contribution in [0.4, 0.5) is 20.2 Å². The maximum absolute atomic E-state index is 13.4. The van der Waals surface area contributed by atoms with E-state index in [0.717, 1.165) is 12.1 Å². The lowest BCUT2D eigenvalue weighted by Crippen LogP contribution is -2.15. The Labute approximate surface area is 122 Å². The molecular weight excluding hydrogens is 330 g/mol. The van der Waals surface area contributed by atoms with Crippen LogP contribution in [0.25, 0.3) is 0 Å². The monoisotopic (exact) mass is 340 g/mol. The highest BCUT2D eigenvalue weighted by Crippen LogP contribution is 2.23. The van der Waals surface area contributed by atoms with Gasteiger partial charge in [-0.1, -0.05) is 6.07 Å². The number of carbonyl (C=O) groups is 1. The van der Waals surface area contributed by atoms with E-state index in [9.17, 15) is 13.6 Å². The lowest BCUT2D eigenvalue weighted by Gasteiger charge is -2.07. The van der Waals surface area contributed by atoms with E-state index in [0.29, 0.717) is 15.8 Å². The number of nitrogens with one attached hydrogen (secondary N) is 1. The highest BCUT2D eigenvalue weighted by atomic mass is 79.9. The third kappa shape index (κ3) is 3.54. The number of benzene rings is 2. The van der Waals surface area contributed by atoms with Gasteiger partial charge in [-0.2, -0.15) is 0 Å². The molecule has 0 aromatic heterocycles. The third-order valence-electron chi connectivity index (χ3n) is 2.65. The lowest BCUT2D eigenvalue weighted by atomic mass is 10.1. The van der Waals surface area contributed by atoms with Crippen LogP contribution in [0, 0.1) is 11.6 Å². The smallest absolute Gasteiger partial charge is 0.228 e. The Morgan fingerprint density at radius 2 is 1.95 bits per heavy atom. The van der Waals surface area contributed by atoms with Crippen molar-refractivity contribution in [2.45, 2.75) is 6.42 Å². The lowest BCUT2D eigenvalue weighted by molar-refractivity contribution is -0.115. The molecule has 0 saturated carbocycles. The van der Waals surface area contributed by atoms with Crippen LogP contribution >= 0.6 is 15.9 Å². The zero-order valence-electron chi connectivity index (χ0n) is 10.3. The Bertz CT molecular complexity index is 662. The quantitative estimate of drug-likeness (QED) is 0.840. The molecule has 0 saturated heterocycles. The second-order valence-electron chi connectivity index (χ2n) is 4.20. The maximum atomic E-state index is 13.4. The molecule has 0 aliphatic rings. The van der Waals surface area contributed by atoms with Crippen molar-refractivity contribution in [2.75, 3.05) is 11.1 Å². The van der Waals surface area contributed by atoms with Gasteiger partial charge in [-0.05, 0) is 45.8 Å². The van der Waals surface area contributed by atoms with Crippen LogP contribution in [0.3, 0.4) is 0 Å². The van der Waals surface area contributed by atoms with Gasteiger partial charge in [-0.15, -0.1) is 0 Å². The van der Waals surface area contributed by atoms with Crippen LogP contribution in [-0.2, 0) is 11.2 Å². The van der Waals surface area contributed by atoms with E-state index in [1.165, 1.54) is 6.07 Å². The molecule has 0 heterocycles. The van der Waals surface area contributed by atoms with Gasteiger partial charge in [0.15, 0.2) is 0 Å². The van der Waals surface area contributed by atoms with Crippen molar-refractivity contribution < 1.29 is 13.6 Å². The first-order valence-corrected chi connectivity index (χ1v) is 6.54. The number of hydrogen-bond acceptors (Lipinski definition) is 2. The van der Waals surface area contributed by atoms with Crippen molar-refractivity contribution in [3.05, 3.63) is 58.1 Å². The molecule has 3 nitrogen and oxygen atoms in total. The van der Waals surface area contributed by atoms with Gasteiger partial charge < -0.3 is 11.1 Å². The summed E-state index contributed by atoms with van der Waals surface area (Å²) < 4.78 is 26.8. The number of nitrogen functional groups attached to an aromatic ring is 1. The van der Waals surface area contributed by atoms with Crippen molar-refractivity contribution in [3.8, 4) is 0 Å². The van der Waals surface area contributed by atoms with Gasteiger partial charge in [0.1, 0.15) is 11.6 Å². The second kappa shape index (κ2) is 6.00. The Kier molecular flexibility index (Phi) is 4.34. The molecule has 3 N–H and O–H groups in total. The third-order valence-corrected chi connectivity index (χ3v) is 3.34. The molecule has 1 amide bonds. The number of carbonyl (C=O) groups excluding carboxylic acids is 1. The van der Waals surface area contributed by atoms with Crippen molar-refractivity contribution >= 4 is 33.2 Å². The van der Waals surface area contributed by atoms with Gasteiger partial charge in [0.05, 0.1) is 6.42 Å². The highest BCUT2D eigenvalue weighted by molar-refractivity contribution is 9.10. The first-order chi connectivity index (χ1) is 9.45. The van der Waals surface area contributed by atoms with Gasteiger partial charge in [0, 0.05) is 21.9 Å². The first-order valence-electron chi connectivity index (χ1n) is 5.74. The fourth-order valence-electron chi connectivity index (χ4n) is 1.65. The summed E-state index contributed by atoms with van der Waals surface area (Å²) in [5.41, 5.74) is 6.86. The normalized spacial score (nSPS) is 10.3. The predicted octanol–water partition coefficient (Wildman–Crippen LogP) is 3.49.